The van der Waals surface area contributed by atoms with Crippen molar-refractivity contribution in [1.82, 2.24) is 0 Å². The van der Waals surface area contributed by atoms with Gasteiger partial charge in [-0.3, -0.25) is 0 Å². The second kappa shape index (κ2) is 4.63. The number of hydrogen-bond donors (Lipinski definition) is 1. The Kier molecular flexibility index (Phi) is 3.75. The molecule has 0 atom stereocenters. The highest BCUT2D eigenvalue weighted by Gasteiger charge is 2.06. The van der Waals surface area contributed by atoms with Crippen molar-refractivity contribution in [1.29, 1.82) is 0 Å². The maximum Gasteiger partial charge on any atom is 0.133 e. The van der Waals surface area contributed by atoms with Crippen molar-refractivity contribution in [2.75, 3.05) is 0 Å². The average molecular weight is 264 g/mol. The van der Waals surface area contributed by atoms with Crippen LogP contribution in [0.25, 0.3) is 0 Å². The number of aromatic hydroxyl groups is 1. The smallest absolute Gasteiger partial charge is 0.133 e. The fraction of sp³-hybridized carbons (Fsp3) is 0.222. The molecule has 0 aliphatic carbocycles. The van der Waals surface area contributed by atoms with Gasteiger partial charge < -0.3 is 9.90 Å². The van der Waals surface area contributed by atoms with Gasteiger partial charge in [-0.2, -0.15) is 0 Å². The average Bonchev–Trinajstić information content (AvgIpc) is 2.09. The molecule has 0 spiro atoms. The number of hydrogen-bond acceptors (Lipinski definition) is 2. The van der Waals surface area contributed by atoms with Gasteiger partial charge in [0.2, 0.25) is 0 Å². The third-order valence-corrected chi connectivity index (χ3v) is 2.46. The fourth-order valence-corrected chi connectivity index (χ4v) is 1.90. The first-order valence-electron chi connectivity index (χ1n) is 3.75. The van der Waals surface area contributed by atoms with Crippen molar-refractivity contribution >= 4 is 33.8 Å². The van der Waals surface area contributed by atoms with E-state index in [1.807, 2.05) is 0 Å². The molecule has 0 bridgehead atoms. The van der Waals surface area contributed by atoms with Crippen LogP contribution in [0.5, 0.6) is 5.75 Å². The number of carbonyl (C=O) groups is 1. The van der Waals surface area contributed by atoms with Crippen LogP contribution in [0.15, 0.2) is 16.6 Å². The van der Waals surface area contributed by atoms with Gasteiger partial charge in [0.15, 0.2) is 0 Å². The molecular formula is C9H8BrClO2. The molecule has 0 aliphatic heterocycles. The molecule has 1 rings (SSSR count). The van der Waals surface area contributed by atoms with Crippen LogP contribution in [0.2, 0.25) is 5.02 Å². The summed E-state index contributed by atoms with van der Waals surface area (Å²) in [6, 6.07) is 3.27. The number of phenols is 1. The van der Waals surface area contributed by atoms with E-state index in [9.17, 15) is 9.90 Å². The largest absolute Gasteiger partial charge is 0.506 e. The molecule has 0 unspecified atom stereocenters. The van der Waals surface area contributed by atoms with Crippen molar-refractivity contribution < 1.29 is 9.90 Å². The second-order valence-electron chi connectivity index (χ2n) is 2.60. The van der Waals surface area contributed by atoms with Crippen molar-refractivity contribution in [3.8, 4) is 5.75 Å². The molecule has 0 radical (unpaired) electrons. The van der Waals surface area contributed by atoms with Gasteiger partial charge >= 0.3 is 0 Å². The fourth-order valence-electron chi connectivity index (χ4n) is 1.02. The Hall–Kier alpha value is -0.540. The van der Waals surface area contributed by atoms with Crippen molar-refractivity contribution in [3.05, 3.63) is 27.2 Å². The molecule has 0 aliphatic rings. The second-order valence-corrected chi connectivity index (χ2v) is 3.89. The van der Waals surface area contributed by atoms with Crippen LogP contribution in [0.4, 0.5) is 0 Å². The summed E-state index contributed by atoms with van der Waals surface area (Å²) in [5.74, 6) is 0.159. The van der Waals surface area contributed by atoms with Gasteiger partial charge in [-0.15, -0.1) is 0 Å². The van der Waals surface area contributed by atoms with Crippen LogP contribution in [0.1, 0.15) is 12.0 Å². The van der Waals surface area contributed by atoms with E-state index in [1.165, 1.54) is 0 Å². The van der Waals surface area contributed by atoms with E-state index < -0.39 is 0 Å². The third-order valence-electron chi connectivity index (χ3n) is 1.64. The maximum atomic E-state index is 10.1. The lowest BCUT2D eigenvalue weighted by atomic mass is 10.1. The highest BCUT2D eigenvalue weighted by molar-refractivity contribution is 9.10. The molecule has 0 fully saturated rings. The lowest BCUT2D eigenvalue weighted by Crippen LogP contribution is -1.88. The Bertz CT molecular complexity index is 326. The molecule has 1 aromatic rings. The molecule has 70 valence electrons. The quantitative estimate of drug-likeness (QED) is 0.851. The molecule has 13 heavy (non-hydrogen) atoms. The Morgan fingerprint density at radius 2 is 2.23 bits per heavy atom. The first kappa shape index (κ1) is 10.5. The lowest BCUT2D eigenvalue weighted by Gasteiger charge is -2.04. The monoisotopic (exact) mass is 262 g/mol. The molecule has 0 saturated carbocycles. The number of rotatable bonds is 3. The number of aldehydes is 1. The molecule has 2 nitrogen and oxygen atoms in total. The summed E-state index contributed by atoms with van der Waals surface area (Å²) < 4.78 is 0.556. The van der Waals surface area contributed by atoms with Crippen LogP contribution >= 0.6 is 27.5 Å². The standard InChI is InChI=1S/C9H8BrClO2/c10-8-5-7(11)4-6(9(8)13)2-1-3-12/h3-5,13H,1-2H2. The zero-order chi connectivity index (χ0) is 9.84. The minimum Gasteiger partial charge on any atom is -0.506 e. The van der Waals surface area contributed by atoms with E-state index in [0.29, 0.717) is 27.9 Å². The van der Waals surface area contributed by atoms with Crippen molar-refractivity contribution in [2.24, 2.45) is 0 Å². The van der Waals surface area contributed by atoms with Gasteiger partial charge in [0.05, 0.1) is 4.47 Å². The van der Waals surface area contributed by atoms with Crippen LogP contribution in [0.3, 0.4) is 0 Å². The number of phenolic OH excluding ortho intramolecular Hbond substituents is 1. The summed E-state index contributed by atoms with van der Waals surface area (Å²) in [7, 11) is 0. The van der Waals surface area contributed by atoms with Gasteiger partial charge in [0.25, 0.3) is 0 Å². The SMILES string of the molecule is O=CCCc1cc(Cl)cc(Br)c1O. The summed E-state index contributed by atoms with van der Waals surface area (Å²) in [5.41, 5.74) is 0.687. The zero-order valence-electron chi connectivity index (χ0n) is 6.76. The van der Waals surface area contributed by atoms with E-state index >= 15 is 0 Å². The van der Waals surface area contributed by atoms with E-state index in [2.05, 4.69) is 15.9 Å². The van der Waals surface area contributed by atoms with Gasteiger partial charge in [-0.1, -0.05) is 11.6 Å². The zero-order valence-corrected chi connectivity index (χ0v) is 9.10. The first-order valence-corrected chi connectivity index (χ1v) is 4.92. The molecule has 0 aromatic heterocycles. The summed E-state index contributed by atoms with van der Waals surface area (Å²) >= 11 is 8.94. The highest BCUT2D eigenvalue weighted by Crippen LogP contribution is 2.31. The minimum absolute atomic E-state index is 0.159. The summed E-state index contributed by atoms with van der Waals surface area (Å²) in [6.45, 7) is 0. The highest BCUT2D eigenvalue weighted by atomic mass is 79.9. The topological polar surface area (TPSA) is 37.3 Å². The van der Waals surface area contributed by atoms with Crippen LogP contribution < -0.4 is 0 Å². The maximum absolute atomic E-state index is 10.1. The normalized spacial score (nSPS) is 10.0. The van der Waals surface area contributed by atoms with Crippen LogP contribution in [0, 0.1) is 0 Å². The molecule has 0 heterocycles. The lowest BCUT2D eigenvalue weighted by molar-refractivity contribution is -0.107. The first-order chi connectivity index (χ1) is 6.15. The van der Waals surface area contributed by atoms with Gasteiger partial charge in [-0.05, 0) is 40.0 Å². The van der Waals surface area contributed by atoms with Crippen LogP contribution in [-0.2, 0) is 11.2 Å². The Morgan fingerprint density at radius 1 is 1.54 bits per heavy atom. The van der Waals surface area contributed by atoms with Gasteiger partial charge in [-0.25, -0.2) is 0 Å². The molecule has 1 aromatic carbocycles. The molecule has 0 amide bonds. The Morgan fingerprint density at radius 3 is 2.85 bits per heavy atom. The third kappa shape index (κ3) is 2.71. The van der Waals surface area contributed by atoms with Gasteiger partial charge in [0, 0.05) is 11.4 Å². The summed E-state index contributed by atoms with van der Waals surface area (Å²) in [6.07, 6.45) is 1.71. The predicted octanol–water partition coefficient (Wildman–Crippen LogP) is 2.94. The number of benzene rings is 1. The molecular weight excluding hydrogens is 255 g/mol. The number of carbonyl (C=O) groups excluding carboxylic acids is 1. The molecule has 4 heteroatoms. The molecule has 0 saturated heterocycles. The molecule has 1 N–H and O–H groups in total. The van der Waals surface area contributed by atoms with Gasteiger partial charge in [0.1, 0.15) is 12.0 Å². The van der Waals surface area contributed by atoms with E-state index in [0.717, 1.165) is 6.29 Å². The Balaban J connectivity index is 2.98. The van der Waals surface area contributed by atoms with E-state index in [-0.39, 0.29) is 5.75 Å². The van der Waals surface area contributed by atoms with Crippen molar-refractivity contribution in [3.63, 3.8) is 0 Å². The number of halogens is 2. The van der Waals surface area contributed by atoms with Crippen LogP contribution in [-0.4, -0.2) is 11.4 Å². The van der Waals surface area contributed by atoms with E-state index in [4.69, 9.17) is 11.6 Å². The van der Waals surface area contributed by atoms with E-state index in [1.54, 1.807) is 12.1 Å². The minimum atomic E-state index is 0.159. The van der Waals surface area contributed by atoms with Crippen molar-refractivity contribution in [2.45, 2.75) is 12.8 Å². The summed E-state index contributed by atoms with van der Waals surface area (Å²) in [5, 5.41) is 10.1. The predicted molar refractivity (Wildman–Crippen MR) is 55.2 cm³/mol. The Labute approximate surface area is 89.7 Å². The summed E-state index contributed by atoms with van der Waals surface area (Å²) in [4.78, 5) is 10.1. The number of aryl methyl sites for hydroxylation is 1.